The van der Waals surface area contributed by atoms with Gasteiger partial charge in [-0.25, -0.2) is 0 Å². The number of nitrogens with two attached hydrogens (primary N) is 3. The standard InChI is InChI=1S/C46H54IN9O8/c1-3-19-61-37-13-11-27(21-33(37)47)43-51-41(53-63-43)31-7-5-9-35-29(31)15-17-55(35)23-45(49,25-57)39(59)40(60)46(50,26-58)24-56-18-16-30-32(8-6-10-36(30)56)42-52-44(64-54-42)28-12-14-38(34(48)22-28)62-20-4-2/h5-14,21-22,39-40,57-60H,3-4,15-20,23-26,48-50H2,1-2H3. The number of benzene rings is 4. The first kappa shape index (κ1) is 45.2. The lowest BCUT2D eigenvalue weighted by atomic mass is 9.80. The predicted octanol–water partition coefficient (Wildman–Crippen LogP) is 4.41. The van der Waals surface area contributed by atoms with Crippen LogP contribution < -0.4 is 36.5 Å². The largest absolute Gasteiger partial charge is 0.492 e. The maximum atomic E-state index is 11.8. The van der Waals surface area contributed by atoms with Crippen molar-refractivity contribution >= 4 is 39.7 Å². The van der Waals surface area contributed by atoms with Gasteiger partial charge in [-0.05, 0) is 108 Å². The minimum absolute atomic E-state index is 0.0337. The first-order valence-corrected chi connectivity index (χ1v) is 22.5. The van der Waals surface area contributed by atoms with Crippen molar-refractivity contribution in [2.45, 2.75) is 62.8 Å². The van der Waals surface area contributed by atoms with Gasteiger partial charge in [-0.3, -0.25) is 0 Å². The van der Waals surface area contributed by atoms with Gasteiger partial charge in [0.1, 0.15) is 23.7 Å². The molecule has 18 heteroatoms. The molecule has 64 heavy (non-hydrogen) atoms. The van der Waals surface area contributed by atoms with Crippen LogP contribution in [0.25, 0.3) is 45.7 Å². The summed E-state index contributed by atoms with van der Waals surface area (Å²) in [4.78, 5) is 13.3. The van der Waals surface area contributed by atoms with Gasteiger partial charge in [0.25, 0.3) is 11.8 Å². The summed E-state index contributed by atoms with van der Waals surface area (Å²) in [5.74, 6) is 2.86. The van der Waals surface area contributed by atoms with Gasteiger partial charge in [0.05, 0.1) is 46.8 Å². The second kappa shape index (κ2) is 19.0. The van der Waals surface area contributed by atoms with Gasteiger partial charge in [-0.2, -0.15) is 9.97 Å². The van der Waals surface area contributed by atoms with Crippen LogP contribution in [0.4, 0.5) is 17.1 Å². The van der Waals surface area contributed by atoms with E-state index in [2.05, 4.69) is 44.8 Å². The number of halogens is 1. The highest BCUT2D eigenvalue weighted by Gasteiger charge is 2.49. The lowest BCUT2D eigenvalue weighted by Gasteiger charge is -2.45. The maximum Gasteiger partial charge on any atom is 0.258 e. The Morgan fingerprint density at radius 3 is 1.62 bits per heavy atom. The molecule has 0 saturated heterocycles. The summed E-state index contributed by atoms with van der Waals surface area (Å²) in [5, 5.41) is 53.7. The van der Waals surface area contributed by atoms with Crippen LogP contribution in [0.3, 0.4) is 0 Å². The summed E-state index contributed by atoms with van der Waals surface area (Å²) in [6.07, 6.45) is -0.524. The number of aromatic nitrogens is 4. The van der Waals surface area contributed by atoms with Gasteiger partial charge in [0.15, 0.2) is 0 Å². The van der Waals surface area contributed by atoms with E-state index in [0.717, 1.165) is 61.4 Å². The number of hydrogen-bond donors (Lipinski definition) is 7. The minimum Gasteiger partial charge on any atom is -0.492 e. The topological polar surface area (TPSA) is 262 Å². The average molecular weight is 988 g/mol. The van der Waals surface area contributed by atoms with Gasteiger partial charge in [0.2, 0.25) is 11.6 Å². The fourth-order valence-corrected chi connectivity index (χ4v) is 9.12. The molecule has 4 aromatic carbocycles. The zero-order valence-corrected chi connectivity index (χ0v) is 37.9. The molecule has 0 aliphatic carbocycles. The molecule has 2 aromatic heterocycles. The van der Waals surface area contributed by atoms with E-state index in [-0.39, 0.29) is 13.1 Å². The zero-order chi connectivity index (χ0) is 45.2. The lowest BCUT2D eigenvalue weighted by molar-refractivity contribution is -0.0842. The van der Waals surface area contributed by atoms with Crippen LogP contribution in [0.15, 0.2) is 81.8 Å². The molecule has 6 aromatic rings. The highest BCUT2D eigenvalue weighted by atomic mass is 127. The highest BCUT2D eigenvalue weighted by Crippen LogP contribution is 2.40. The number of aliphatic hydroxyl groups is 4. The Balaban J connectivity index is 0.958. The Bertz CT molecular complexity index is 2410. The van der Waals surface area contributed by atoms with Gasteiger partial charge in [-0.1, -0.05) is 48.4 Å². The predicted molar refractivity (Wildman–Crippen MR) is 251 cm³/mol. The zero-order valence-electron chi connectivity index (χ0n) is 35.8. The third-order valence-corrected chi connectivity index (χ3v) is 12.8. The first-order chi connectivity index (χ1) is 30.9. The molecule has 8 rings (SSSR count). The Morgan fingerprint density at radius 2 is 1.17 bits per heavy atom. The van der Waals surface area contributed by atoms with E-state index >= 15 is 0 Å². The molecule has 10 N–H and O–H groups in total. The Kier molecular flexibility index (Phi) is 13.4. The highest BCUT2D eigenvalue weighted by molar-refractivity contribution is 14.1. The first-order valence-electron chi connectivity index (χ1n) is 21.4. The van der Waals surface area contributed by atoms with Gasteiger partial charge in [0, 0.05) is 59.8 Å². The van der Waals surface area contributed by atoms with Crippen molar-refractivity contribution in [3.8, 4) is 57.2 Å². The molecular formula is C46H54IN9O8. The third-order valence-electron chi connectivity index (χ3n) is 12.0. The van der Waals surface area contributed by atoms with Crippen molar-refractivity contribution in [2.24, 2.45) is 11.5 Å². The van der Waals surface area contributed by atoms with E-state index in [1.807, 2.05) is 77.4 Å². The maximum absolute atomic E-state index is 11.8. The van der Waals surface area contributed by atoms with E-state index in [1.165, 1.54) is 0 Å². The number of nitrogen functional groups attached to an aromatic ring is 1. The normalized spacial score (nSPS) is 16.3. The molecule has 0 saturated carbocycles. The molecule has 2 aliphatic rings. The number of rotatable bonds is 19. The van der Waals surface area contributed by atoms with Gasteiger partial charge >= 0.3 is 0 Å². The Labute approximate surface area is 384 Å². The summed E-state index contributed by atoms with van der Waals surface area (Å²) in [6, 6.07) is 22.5. The molecule has 4 atom stereocenters. The SMILES string of the molecule is CCCOc1ccc(-c2nc(-c3cccc4c3CCN4CC(N)(CO)C(O)C(O)C(N)(CO)CN3CCc4c(-c5noc(-c6ccc(OCCC)c(I)c6)n5)cccc43)no2)cc1N. The van der Waals surface area contributed by atoms with E-state index in [9.17, 15) is 20.4 Å². The third kappa shape index (κ3) is 8.87. The molecule has 0 spiro atoms. The van der Waals surface area contributed by atoms with Crippen LogP contribution in [0.5, 0.6) is 11.5 Å². The van der Waals surface area contributed by atoms with E-state index in [4.69, 9.17) is 40.7 Å². The number of hydrogen-bond acceptors (Lipinski definition) is 17. The fourth-order valence-electron chi connectivity index (χ4n) is 8.45. The van der Waals surface area contributed by atoms with Crippen LogP contribution in [0, 0.1) is 3.57 Å². The molecule has 2 aliphatic heterocycles. The summed E-state index contributed by atoms with van der Waals surface area (Å²) in [7, 11) is 0. The van der Waals surface area contributed by atoms with Crippen molar-refractivity contribution in [1.82, 2.24) is 20.3 Å². The van der Waals surface area contributed by atoms with Crippen molar-refractivity contribution in [3.05, 3.63) is 87.5 Å². The molecule has 17 nitrogen and oxygen atoms in total. The molecule has 0 fully saturated rings. The average Bonchev–Trinajstić information content (AvgIpc) is 4.15. The molecule has 338 valence electrons. The quantitative estimate of drug-likeness (QED) is 0.0438. The number of nitrogens with zero attached hydrogens (tertiary/aromatic N) is 6. The molecule has 0 radical (unpaired) electrons. The summed E-state index contributed by atoms with van der Waals surface area (Å²) in [5.41, 5.74) is 23.3. The second-order valence-corrected chi connectivity index (χ2v) is 17.7. The number of ether oxygens (including phenoxy) is 2. The minimum atomic E-state index is -1.75. The van der Waals surface area contributed by atoms with Crippen LogP contribution in [-0.4, -0.2) is 117 Å². The van der Waals surface area contributed by atoms with E-state index in [0.29, 0.717) is 79.6 Å². The smallest absolute Gasteiger partial charge is 0.258 e. The Hall–Kier alpha value is -5.35. The van der Waals surface area contributed by atoms with Crippen LogP contribution in [-0.2, 0) is 12.8 Å². The van der Waals surface area contributed by atoms with Crippen molar-refractivity contribution in [2.75, 3.05) is 68.1 Å². The lowest BCUT2D eigenvalue weighted by Crippen LogP contribution is -2.72. The van der Waals surface area contributed by atoms with Crippen molar-refractivity contribution in [1.29, 1.82) is 0 Å². The summed E-state index contributed by atoms with van der Waals surface area (Å²) >= 11 is 2.23. The molecule has 0 bridgehead atoms. The molecule has 4 heterocycles. The fraction of sp³-hybridized carbons (Fsp3) is 0.391. The van der Waals surface area contributed by atoms with Crippen molar-refractivity contribution < 1.29 is 38.9 Å². The van der Waals surface area contributed by atoms with E-state index in [1.54, 1.807) is 12.1 Å². The van der Waals surface area contributed by atoms with Crippen molar-refractivity contribution in [3.63, 3.8) is 0 Å². The molecular weight excluding hydrogens is 933 g/mol. The van der Waals surface area contributed by atoms with Crippen LogP contribution in [0.1, 0.15) is 37.8 Å². The second-order valence-electron chi connectivity index (χ2n) is 16.6. The van der Waals surface area contributed by atoms with Crippen LogP contribution >= 0.6 is 22.6 Å². The van der Waals surface area contributed by atoms with Crippen LogP contribution in [0.2, 0.25) is 0 Å². The molecule has 0 amide bonds. The number of anilines is 3. The van der Waals surface area contributed by atoms with E-state index < -0.39 is 36.5 Å². The summed E-state index contributed by atoms with van der Waals surface area (Å²) < 4.78 is 23.8. The monoisotopic (exact) mass is 987 g/mol. The number of aliphatic hydroxyl groups excluding tert-OH is 4. The summed E-state index contributed by atoms with van der Waals surface area (Å²) in [6.45, 7) is 4.83. The molecule has 4 unspecified atom stereocenters. The Morgan fingerprint density at radius 1 is 0.703 bits per heavy atom. The van der Waals surface area contributed by atoms with Gasteiger partial charge < -0.3 is 65.9 Å². The number of fused-ring (bicyclic) bond motifs is 2. The van der Waals surface area contributed by atoms with Gasteiger partial charge in [-0.15, -0.1) is 0 Å².